The maximum absolute atomic E-state index is 5.54. The first-order chi connectivity index (χ1) is 8.38. The van der Waals surface area contributed by atoms with Crippen LogP contribution in [0.5, 0.6) is 0 Å². The van der Waals surface area contributed by atoms with E-state index in [0.717, 1.165) is 32.4 Å². The molecule has 0 aliphatic heterocycles. The molecular weight excluding hydrogens is 218 g/mol. The third-order valence-electron chi connectivity index (χ3n) is 2.57. The largest absolute Gasteiger partial charge is 0.382 e. The van der Waals surface area contributed by atoms with Crippen LogP contribution in [0, 0.1) is 0 Å². The van der Waals surface area contributed by atoms with Gasteiger partial charge in [-0.3, -0.25) is 0 Å². The summed E-state index contributed by atoms with van der Waals surface area (Å²) < 4.78 is 12.5. The van der Waals surface area contributed by atoms with E-state index in [0.29, 0.717) is 19.8 Å². The number of nitrogens with zero attached hydrogens (tertiary/aromatic N) is 2. The average Bonchev–Trinajstić information content (AvgIpc) is 2.76. The summed E-state index contributed by atoms with van der Waals surface area (Å²) in [4.78, 5) is 4.14. The third-order valence-corrected chi connectivity index (χ3v) is 2.57. The molecule has 1 aromatic heterocycles. The number of nitrogens with two attached hydrogens (primary N) is 1. The van der Waals surface area contributed by atoms with Crippen molar-refractivity contribution in [2.24, 2.45) is 5.73 Å². The SMILES string of the molecule is COCCOCCCCn1cncc1CCN. The highest BCUT2D eigenvalue weighted by molar-refractivity contribution is 4.98. The van der Waals surface area contributed by atoms with Gasteiger partial charge in [-0.2, -0.15) is 0 Å². The molecule has 0 aliphatic rings. The van der Waals surface area contributed by atoms with Crippen LogP contribution in [-0.4, -0.2) is 43.0 Å². The van der Waals surface area contributed by atoms with E-state index < -0.39 is 0 Å². The molecule has 0 saturated carbocycles. The molecule has 5 nitrogen and oxygen atoms in total. The van der Waals surface area contributed by atoms with E-state index in [1.54, 1.807) is 7.11 Å². The summed E-state index contributed by atoms with van der Waals surface area (Å²) in [7, 11) is 1.68. The smallest absolute Gasteiger partial charge is 0.0948 e. The Labute approximate surface area is 103 Å². The highest BCUT2D eigenvalue weighted by Crippen LogP contribution is 2.03. The van der Waals surface area contributed by atoms with Crippen LogP contribution in [-0.2, 0) is 22.4 Å². The number of aryl methyl sites for hydroxylation is 1. The standard InChI is InChI=1S/C12H23N3O2/c1-16-8-9-17-7-3-2-6-15-11-14-10-12(15)4-5-13/h10-11H,2-9,13H2,1H3. The molecule has 1 aromatic rings. The predicted octanol–water partition coefficient (Wildman–Crippen LogP) is 0.827. The van der Waals surface area contributed by atoms with Crippen molar-refractivity contribution < 1.29 is 9.47 Å². The highest BCUT2D eigenvalue weighted by Gasteiger charge is 2.00. The quantitative estimate of drug-likeness (QED) is 0.616. The van der Waals surface area contributed by atoms with Gasteiger partial charge in [-0.15, -0.1) is 0 Å². The van der Waals surface area contributed by atoms with E-state index in [9.17, 15) is 0 Å². The minimum absolute atomic E-state index is 0.669. The molecule has 0 aromatic carbocycles. The highest BCUT2D eigenvalue weighted by atomic mass is 16.5. The van der Waals surface area contributed by atoms with Crippen molar-refractivity contribution in [3.63, 3.8) is 0 Å². The fourth-order valence-electron chi connectivity index (χ4n) is 1.64. The normalized spacial score (nSPS) is 10.9. The first-order valence-corrected chi connectivity index (χ1v) is 6.14. The van der Waals surface area contributed by atoms with Gasteiger partial charge >= 0.3 is 0 Å². The lowest BCUT2D eigenvalue weighted by Gasteiger charge is -2.07. The van der Waals surface area contributed by atoms with Gasteiger partial charge in [0.1, 0.15) is 0 Å². The van der Waals surface area contributed by atoms with Gasteiger partial charge in [-0.05, 0) is 19.4 Å². The molecular formula is C12H23N3O2. The molecule has 17 heavy (non-hydrogen) atoms. The number of hydrogen-bond donors (Lipinski definition) is 1. The summed E-state index contributed by atoms with van der Waals surface area (Å²) >= 11 is 0. The first-order valence-electron chi connectivity index (χ1n) is 6.14. The molecule has 5 heteroatoms. The fraction of sp³-hybridized carbons (Fsp3) is 0.750. The number of ether oxygens (including phenoxy) is 2. The number of hydrogen-bond acceptors (Lipinski definition) is 4. The van der Waals surface area contributed by atoms with Crippen molar-refractivity contribution in [1.82, 2.24) is 9.55 Å². The molecule has 1 heterocycles. The van der Waals surface area contributed by atoms with E-state index in [-0.39, 0.29) is 0 Å². The number of rotatable bonds is 10. The van der Waals surface area contributed by atoms with Crippen molar-refractivity contribution in [2.45, 2.75) is 25.8 Å². The average molecular weight is 241 g/mol. The second-order valence-corrected chi connectivity index (χ2v) is 3.93. The summed E-state index contributed by atoms with van der Waals surface area (Å²) in [6.45, 7) is 3.81. The zero-order chi connectivity index (χ0) is 12.3. The van der Waals surface area contributed by atoms with E-state index in [4.69, 9.17) is 15.2 Å². The van der Waals surface area contributed by atoms with E-state index in [1.807, 2.05) is 12.5 Å². The van der Waals surface area contributed by atoms with E-state index >= 15 is 0 Å². The number of imidazole rings is 1. The molecule has 98 valence electrons. The number of aromatic nitrogens is 2. The van der Waals surface area contributed by atoms with Crippen LogP contribution in [0.25, 0.3) is 0 Å². The first kappa shape index (κ1) is 14.2. The fourth-order valence-corrected chi connectivity index (χ4v) is 1.64. The van der Waals surface area contributed by atoms with Crippen molar-refractivity contribution in [1.29, 1.82) is 0 Å². The molecule has 1 rings (SSSR count). The van der Waals surface area contributed by atoms with Gasteiger partial charge in [0.05, 0.1) is 19.5 Å². The lowest BCUT2D eigenvalue weighted by atomic mass is 10.3. The Morgan fingerprint density at radius 2 is 2.18 bits per heavy atom. The van der Waals surface area contributed by atoms with E-state index in [1.165, 1.54) is 5.69 Å². The van der Waals surface area contributed by atoms with Crippen LogP contribution in [0.1, 0.15) is 18.5 Å². The van der Waals surface area contributed by atoms with Gasteiger partial charge in [0.2, 0.25) is 0 Å². The monoisotopic (exact) mass is 241 g/mol. The van der Waals surface area contributed by atoms with Gasteiger partial charge in [-0.25, -0.2) is 4.98 Å². The van der Waals surface area contributed by atoms with Crippen LogP contribution in [0.2, 0.25) is 0 Å². The summed E-state index contributed by atoms with van der Waals surface area (Å²) in [6, 6.07) is 0. The Morgan fingerprint density at radius 1 is 1.29 bits per heavy atom. The Kier molecular flexibility index (Phi) is 7.62. The van der Waals surface area contributed by atoms with Gasteiger partial charge in [0, 0.05) is 38.6 Å². The molecule has 0 saturated heterocycles. The molecule has 0 bridgehead atoms. The topological polar surface area (TPSA) is 62.3 Å². The molecule has 2 N–H and O–H groups in total. The number of methoxy groups -OCH3 is 1. The van der Waals surface area contributed by atoms with Gasteiger partial charge < -0.3 is 19.8 Å². The Balaban J connectivity index is 2.07. The molecule has 0 unspecified atom stereocenters. The van der Waals surface area contributed by atoms with Crippen LogP contribution in [0.4, 0.5) is 0 Å². The summed E-state index contributed by atoms with van der Waals surface area (Å²) in [5.74, 6) is 0. The van der Waals surface area contributed by atoms with Crippen LogP contribution < -0.4 is 5.73 Å². The van der Waals surface area contributed by atoms with Crippen molar-refractivity contribution in [2.75, 3.05) is 33.5 Å². The summed E-state index contributed by atoms with van der Waals surface area (Å²) in [5.41, 5.74) is 6.75. The number of unbranched alkanes of at least 4 members (excludes halogenated alkanes) is 1. The predicted molar refractivity (Wildman–Crippen MR) is 66.9 cm³/mol. The van der Waals surface area contributed by atoms with Crippen LogP contribution >= 0.6 is 0 Å². The van der Waals surface area contributed by atoms with Gasteiger partial charge in [0.25, 0.3) is 0 Å². The summed E-state index contributed by atoms with van der Waals surface area (Å²) in [5, 5.41) is 0. The zero-order valence-electron chi connectivity index (χ0n) is 10.6. The molecule has 0 radical (unpaired) electrons. The van der Waals surface area contributed by atoms with Crippen molar-refractivity contribution in [3.8, 4) is 0 Å². The second kappa shape index (κ2) is 9.15. The Bertz CT molecular complexity index is 289. The van der Waals surface area contributed by atoms with Crippen LogP contribution in [0.3, 0.4) is 0 Å². The molecule has 0 aliphatic carbocycles. The molecule has 0 fully saturated rings. The summed E-state index contributed by atoms with van der Waals surface area (Å²) in [6.07, 6.45) is 6.81. The minimum Gasteiger partial charge on any atom is -0.382 e. The van der Waals surface area contributed by atoms with E-state index in [2.05, 4.69) is 9.55 Å². The second-order valence-electron chi connectivity index (χ2n) is 3.93. The minimum atomic E-state index is 0.669. The lowest BCUT2D eigenvalue weighted by Crippen LogP contribution is -2.09. The molecule has 0 spiro atoms. The Hall–Kier alpha value is -0.910. The third kappa shape index (κ3) is 5.81. The van der Waals surface area contributed by atoms with Crippen molar-refractivity contribution >= 4 is 0 Å². The molecule has 0 atom stereocenters. The lowest BCUT2D eigenvalue weighted by molar-refractivity contribution is 0.0684. The van der Waals surface area contributed by atoms with Crippen molar-refractivity contribution in [3.05, 3.63) is 18.2 Å². The zero-order valence-corrected chi connectivity index (χ0v) is 10.6. The van der Waals surface area contributed by atoms with Gasteiger partial charge in [-0.1, -0.05) is 0 Å². The molecule has 0 amide bonds. The van der Waals surface area contributed by atoms with Gasteiger partial charge in [0.15, 0.2) is 0 Å². The van der Waals surface area contributed by atoms with Crippen LogP contribution in [0.15, 0.2) is 12.5 Å². The Morgan fingerprint density at radius 3 is 2.94 bits per heavy atom. The maximum Gasteiger partial charge on any atom is 0.0948 e. The maximum atomic E-state index is 5.54.